The first-order valence-corrected chi connectivity index (χ1v) is 6.81. The van der Waals surface area contributed by atoms with Crippen LogP contribution in [0.25, 0.3) is 5.65 Å². The lowest BCUT2D eigenvalue weighted by Gasteiger charge is -2.20. The van der Waals surface area contributed by atoms with Gasteiger partial charge in [0.05, 0.1) is 12.3 Å². The molecule has 0 unspecified atom stereocenters. The predicted molar refractivity (Wildman–Crippen MR) is 74.7 cm³/mol. The molecule has 0 bridgehead atoms. The molecular weight excluding hydrogens is 240 g/mol. The Hall–Kier alpha value is -1.62. The van der Waals surface area contributed by atoms with Gasteiger partial charge in [-0.25, -0.2) is 4.98 Å². The molecule has 102 valence electrons. The predicted octanol–water partition coefficient (Wildman–Crippen LogP) is 2.08. The zero-order valence-corrected chi connectivity index (χ0v) is 11.7. The van der Waals surface area contributed by atoms with Gasteiger partial charge >= 0.3 is 0 Å². The quantitative estimate of drug-likeness (QED) is 0.847. The highest BCUT2D eigenvalue weighted by atomic mass is 16.5. The number of ether oxygens (including phenoxy) is 1. The van der Waals surface area contributed by atoms with Crippen LogP contribution < -0.4 is 4.90 Å². The van der Waals surface area contributed by atoms with E-state index in [2.05, 4.69) is 34.9 Å². The number of aromatic nitrogens is 3. The molecule has 1 aliphatic rings. The van der Waals surface area contributed by atoms with Gasteiger partial charge in [-0.15, -0.1) is 0 Å². The molecule has 2 aromatic heterocycles. The van der Waals surface area contributed by atoms with Crippen molar-refractivity contribution in [3.8, 4) is 0 Å². The largest absolute Gasteiger partial charge is 0.380 e. The molecule has 1 saturated heterocycles. The molecule has 1 aliphatic heterocycles. The Bertz CT molecular complexity index is 578. The van der Waals surface area contributed by atoms with Crippen LogP contribution in [-0.2, 0) is 4.74 Å². The van der Waals surface area contributed by atoms with E-state index in [-0.39, 0.29) is 0 Å². The van der Waals surface area contributed by atoms with Gasteiger partial charge in [-0.05, 0) is 12.3 Å². The summed E-state index contributed by atoms with van der Waals surface area (Å²) in [7, 11) is 1.78. The van der Waals surface area contributed by atoms with Crippen molar-refractivity contribution in [1.82, 2.24) is 14.6 Å². The second-order valence-corrected chi connectivity index (χ2v) is 5.39. The van der Waals surface area contributed by atoms with E-state index in [0.717, 1.165) is 36.7 Å². The third kappa shape index (κ3) is 2.18. The molecule has 5 nitrogen and oxygen atoms in total. The molecule has 0 radical (unpaired) electrons. The smallest absolute Gasteiger partial charge is 0.157 e. The zero-order chi connectivity index (χ0) is 13.4. The van der Waals surface area contributed by atoms with Crippen LogP contribution >= 0.6 is 0 Å². The average molecular weight is 260 g/mol. The van der Waals surface area contributed by atoms with Gasteiger partial charge in [0.15, 0.2) is 5.65 Å². The van der Waals surface area contributed by atoms with Crippen molar-refractivity contribution in [1.29, 1.82) is 0 Å². The molecular formula is C14H20N4O. The summed E-state index contributed by atoms with van der Waals surface area (Å²) in [6.45, 7) is 6.27. The number of hydrogen-bond acceptors (Lipinski definition) is 4. The molecule has 0 saturated carbocycles. The van der Waals surface area contributed by atoms with Gasteiger partial charge in [-0.1, -0.05) is 13.8 Å². The van der Waals surface area contributed by atoms with E-state index >= 15 is 0 Å². The summed E-state index contributed by atoms with van der Waals surface area (Å²) in [5.74, 6) is 1.54. The second kappa shape index (κ2) is 4.81. The zero-order valence-electron chi connectivity index (χ0n) is 11.7. The van der Waals surface area contributed by atoms with Crippen molar-refractivity contribution >= 4 is 11.5 Å². The number of fused-ring (bicyclic) bond motifs is 1. The summed E-state index contributed by atoms with van der Waals surface area (Å²) in [4.78, 5) is 6.98. The van der Waals surface area contributed by atoms with Crippen molar-refractivity contribution < 1.29 is 4.74 Å². The summed E-state index contributed by atoms with van der Waals surface area (Å²) in [5.41, 5.74) is 2.03. The van der Waals surface area contributed by atoms with E-state index in [1.165, 1.54) is 0 Å². The summed E-state index contributed by atoms with van der Waals surface area (Å²) >= 11 is 0. The Morgan fingerprint density at radius 1 is 1.42 bits per heavy atom. The van der Waals surface area contributed by atoms with Gasteiger partial charge in [-0.3, -0.25) is 0 Å². The van der Waals surface area contributed by atoms with Gasteiger partial charge < -0.3 is 9.64 Å². The maximum absolute atomic E-state index is 5.45. The van der Waals surface area contributed by atoms with E-state index in [4.69, 9.17) is 4.74 Å². The maximum Gasteiger partial charge on any atom is 0.157 e. The molecule has 0 aromatic carbocycles. The fourth-order valence-electron chi connectivity index (χ4n) is 2.57. The minimum atomic E-state index is 0.321. The first kappa shape index (κ1) is 12.4. The van der Waals surface area contributed by atoms with E-state index in [1.54, 1.807) is 13.3 Å². The van der Waals surface area contributed by atoms with E-state index in [1.807, 2.05) is 10.6 Å². The van der Waals surface area contributed by atoms with Crippen molar-refractivity contribution in [2.75, 3.05) is 25.1 Å². The van der Waals surface area contributed by atoms with Crippen molar-refractivity contribution in [3.05, 3.63) is 24.0 Å². The molecule has 0 spiro atoms. The number of rotatable bonds is 3. The highest BCUT2D eigenvalue weighted by Crippen LogP contribution is 2.25. The summed E-state index contributed by atoms with van der Waals surface area (Å²) < 4.78 is 7.37. The lowest BCUT2D eigenvalue weighted by Crippen LogP contribution is -2.25. The molecule has 2 aromatic rings. The first-order chi connectivity index (χ1) is 9.19. The average Bonchev–Trinajstić information content (AvgIpc) is 3.06. The van der Waals surface area contributed by atoms with Gasteiger partial charge in [0, 0.05) is 38.0 Å². The van der Waals surface area contributed by atoms with E-state index in [0.29, 0.717) is 12.0 Å². The third-order valence-electron chi connectivity index (χ3n) is 3.75. The third-order valence-corrected chi connectivity index (χ3v) is 3.75. The summed E-state index contributed by atoms with van der Waals surface area (Å²) in [6, 6.07) is 4.11. The van der Waals surface area contributed by atoms with Crippen molar-refractivity contribution in [2.45, 2.75) is 32.3 Å². The van der Waals surface area contributed by atoms with Crippen LogP contribution in [-0.4, -0.2) is 40.9 Å². The fraction of sp³-hybridized carbons (Fsp3) is 0.571. The van der Waals surface area contributed by atoms with Crippen molar-refractivity contribution in [3.63, 3.8) is 0 Å². The van der Waals surface area contributed by atoms with E-state index < -0.39 is 0 Å². The SMILES string of the molecule is CO[C@@H]1CCN(c2cc(C(C)C)nc3ccnn23)C1. The van der Waals surface area contributed by atoms with Gasteiger partial charge in [-0.2, -0.15) is 9.61 Å². The van der Waals surface area contributed by atoms with Crippen LogP contribution in [0.2, 0.25) is 0 Å². The lowest BCUT2D eigenvalue weighted by molar-refractivity contribution is 0.121. The van der Waals surface area contributed by atoms with Gasteiger partial charge in [0.25, 0.3) is 0 Å². The second-order valence-electron chi connectivity index (χ2n) is 5.39. The topological polar surface area (TPSA) is 42.7 Å². The Morgan fingerprint density at radius 2 is 2.26 bits per heavy atom. The summed E-state index contributed by atoms with van der Waals surface area (Å²) in [6.07, 6.45) is 3.19. The maximum atomic E-state index is 5.45. The fourth-order valence-corrected chi connectivity index (χ4v) is 2.57. The monoisotopic (exact) mass is 260 g/mol. The molecule has 19 heavy (non-hydrogen) atoms. The van der Waals surface area contributed by atoms with Crippen LogP contribution in [0.1, 0.15) is 31.9 Å². The van der Waals surface area contributed by atoms with Crippen LogP contribution in [0, 0.1) is 0 Å². The van der Waals surface area contributed by atoms with Crippen molar-refractivity contribution in [2.24, 2.45) is 0 Å². The lowest BCUT2D eigenvalue weighted by atomic mass is 10.1. The summed E-state index contributed by atoms with van der Waals surface area (Å²) in [5, 5.41) is 4.39. The first-order valence-electron chi connectivity index (χ1n) is 6.81. The minimum Gasteiger partial charge on any atom is -0.380 e. The van der Waals surface area contributed by atoms with Crippen LogP contribution in [0.4, 0.5) is 5.82 Å². The standard InChI is InChI=1S/C14H20N4O/c1-10(2)12-8-14(17-7-5-11(9-17)19-3)18-13(16-12)4-6-15-18/h4,6,8,10-11H,5,7,9H2,1-3H3/t11-/m1/s1. The normalized spacial score (nSPS) is 19.8. The van der Waals surface area contributed by atoms with Gasteiger partial charge in [0.2, 0.25) is 0 Å². The Morgan fingerprint density at radius 3 is 2.95 bits per heavy atom. The highest BCUT2D eigenvalue weighted by molar-refractivity contribution is 5.52. The molecule has 3 rings (SSSR count). The molecule has 0 amide bonds. The van der Waals surface area contributed by atoms with Crippen LogP contribution in [0.3, 0.4) is 0 Å². The number of methoxy groups -OCH3 is 1. The molecule has 1 fully saturated rings. The van der Waals surface area contributed by atoms with E-state index in [9.17, 15) is 0 Å². The molecule has 3 heterocycles. The Balaban J connectivity index is 2.04. The molecule has 0 N–H and O–H groups in total. The molecule has 5 heteroatoms. The van der Waals surface area contributed by atoms with Gasteiger partial charge in [0.1, 0.15) is 5.82 Å². The van der Waals surface area contributed by atoms with Crippen LogP contribution in [0.15, 0.2) is 18.3 Å². The minimum absolute atomic E-state index is 0.321. The number of nitrogens with zero attached hydrogens (tertiary/aromatic N) is 4. The Kier molecular flexibility index (Phi) is 3.14. The van der Waals surface area contributed by atoms with Crippen LogP contribution in [0.5, 0.6) is 0 Å². The highest BCUT2D eigenvalue weighted by Gasteiger charge is 2.25. The Labute approximate surface area is 113 Å². The molecule has 0 aliphatic carbocycles. The number of anilines is 1. The number of hydrogen-bond donors (Lipinski definition) is 0. The molecule has 1 atom stereocenters.